The molecule has 2 aromatic carbocycles. The Morgan fingerprint density at radius 1 is 1.10 bits per heavy atom. The molecule has 0 saturated heterocycles. The van der Waals surface area contributed by atoms with Crippen LogP contribution in [0.3, 0.4) is 0 Å². The lowest BCUT2D eigenvalue weighted by atomic mass is 10.1. The van der Waals surface area contributed by atoms with E-state index in [1.165, 1.54) is 17.9 Å². The van der Waals surface area contributed by atoms with Crippen LogP contribution < -0.4 is 20.3 Å². The van der Waals surface area contributed by atoms with E-state index in [-0.39, 0.29) is 5.91 Å². The molecule has 0 aliphatic rings. The van der Waals surface area contributed by atoms with Crippen LogP contribution in [0.4, 0.5) is 0 Å². The maximum atomic E-state index is 12.7. The van der Waals surface area contributed by atoms with Gasteiger partial charge in [0.1, 0.15) is 17.5 Å². The van der Waals surface area contributed by atoms with E-state index in [9.17, 15) is 9.59 Å². The third kappa shape index (κ3) is 4.68. The van der Waals surface area contributed by atoms with Gasteiger partial charge >= 0.3 is 0 Å². The molecular weight excluding hydrogens is 382 g/mol. The SMILES string of the molecule is COc1ccc(-c2nn([C@@H](C)C(=O)NCc3cccc(C)c3)c(=O)cc2OC)cc1. The van der Waals surface area contributed by atoms with Gasteiger partial charge in [0.2, 0.25) is 5.91 Å². The number of carbonyl (C=O) groups is 1. The average molecular weight is 407 g/mol. The second-order valence-corrected chi connectivity index (χ2v) is 6.96. The molecule has 0 radical (unpaired) electrons. The van der Waals surface area contributed by atoms with E-state index < -0.39 is 11.6 Å². The summed E-state index contributed by atoms with van der Waals surface area (Å²) in [6, 6.07) is 15.7. The maximum Gasteiger partial charge on any atom is 0.271 e. The summed E-state index contributed by atoms with van der Waals surface area (Å²) in [5.74, 6) is 0.751. The van der Waals surface area contributed by atoms with E-state index in [1.54, 1.807) is 26.2 Å². The summed E-state index contributed by atoms with van der Waals surface area (Å²) in [6.45, 7) is 4.01. The molecule has 156 valence electrons. The van der Waals surface area contributed by atoms with Gasteiger partial charge in [0.25, 0.3) is 5.56 Å². The summed E-state index contributed by atoms with van der Waals surface area (Å²) < 4.78 is 11.7. The monoisotopic (exact) mass is 407 g/mol. The van der Waals surface area contributed by atoms with Crippen molar-refractivity contribution in [1.29, 1.82) is 0 Å². The molecule has 30 heavy (non-hydrogen) atoms. The van der Waals surface area contributed by atoms with Gasteiger partial charge in [-0.1, -0.05) is 29.8 Å². The molecule has 1 aromatic heterocycles. The van der Waals surface area contributed by atoms with Crippen molar-refractivity contribution in [3.05, 3.63) is 76.1 Å². The second-order valence-electron chi connectivity index (χ2n) is 6.96. The lowest BCUT2D eigenvalue weighted by molar-refractivity contribution is -0.124. The summed E-state index contributed by atoms with van der Waals surface area (Å²) in [4.78, 5) is 25.2. The molecule has 1 amide bonds. The van der Waals surface area contributed by atoms with Gasteiger partial charge in [-0.05, 0) is 43.7 Å². The molecule has 3 rings (SSSR count). The van der Waals surface area contributed by atoms with Crippen LogP contribution in [0.2, 0.25) is 0 Å². The highest BCUT2D eigenvalue weighted by atomic mass is 16.5. The van der Waals surface area contributed by atoms with Crippen molar-refractivity contribution in [1.82, 2.24) is 15.1 Å². The number of rotatable bonds is 7. The Morgan fingerprint density at radius 3 is 2.47 bits per heavy atom. The molecule has 0 aliphatic heterocycles. The Balaban J connectivity index is 1.86. The average Bonchev–Trinajstić information content (AvgIpc) is 2.77. The van der Waals surface area contributed by atoms with Crippen molar-refractivity contribution >= 4 is 5.91 Å². The van der Waals surface area contributed by atoms with E-state index >= 15 is 0 Å². The Labute approximate surface area is 175 Å². The highest BCUT2D eigenvalue weighted by Gasteiger charge is 2.20. The Hall–Kier alpha value is -3.61. The molecule has 1 heterocycles. The Morgan fingerprint density at radius 2 is 1.83 bits per heavy atom. The number of amides is 1. The predicted octanol–water partition coefficient (Wildman–Crippen LogP) is 3.11. The Bertz CT molecular complexity index is 1090. The molecular formula is C23H25N3O4. The molecule has 0 unspecified atom stereocenters. The molecule has 0 spiro atoms. The molecule has 0 fully saturated rings. The molecule has 7 nitrogen and oxygen atoms in total. The largest absolute Gasteiger partial charge is 0.497 e. The van der Waals surface area contributed by atoms with E-state index in [0.29, 0.717) is 23.7 Å². The number of aromatic nitrogens is 2. The van der Waals surface area contributed by atoms with Crippen LogP contribution in [0.25, 0.3) is 11.3 Å². The number of aryl methyl sites for hydroxylation is 1. The lowest BCUT2D eigenvalue weighted by Crippen LogP contribution is -2.37. The summed E-state index contributed by atoms with van der Waals surface area (Å²) in [5.41, 5.74) is 2.91. The van der Waals surface area contributed by atoms with Gasteiger partial charge in [-0.15, -0.1) is 0 Å². The van der Waals surface area contributed by atoms with Gasteiger partial charge in [-0.25, -0.2) is 4.68 Å². The second kappa shape index (κ2) is 9.26. The summed E-state index contributed by atoms with van der Waals surface area (Å²) in [7, 11) is 3.07. The topological polar surface area (TPSA) is 82.5 Å². The third-order valence-electron chi connectivity index (χ3n) is 4.80. The number of benzene rings is 2. The molecule has 1 N–H and O–H groups in total. The molecule has 3 aromatic rings. The van der Waals surface area contributed by atoms with E-state index in [2.05, 4.69) is 10.4 Å². The third-order valence-corrected chi connectivity index (χ3v) is 4.80. The first-order valence-electron chi connectivity index (χ1n) is 9.58. The highest BCUT2D eigenvalue weighted by Crippen LogP contribution is 2.28. The van der Waals surface area contributed by atoms with Crippen LogP contribution in [-0.4, -0.2) is 29.9 Å². The normalized spacial score (nSPS) is 11.6. The van der Waals surface area contributed by atoms with Gasteiger partial charge in [-0.2, -0.15) is 5.10 Å². The number of hydrogen-bond donors (Lipinski definition) is 1. The van der Waals surface area contributed by atoms with Gasteiger partial charge in [-0.3, -0.25) is 9.59 Å². The number of ether oxygens (including phenoxy) is 2. The van der Waals surface area contributed by atoms with Crippen molar-refractivity contribution in [2.45, 2.75) is 26.4 Å². The predicted molar refractivity (Wildman–Crippen MR) is 115 cm³/mol. The number of nitrogens with zero attached hydrogens (tertiary/aromatic N) is 2. The zero-order valence-corrected chi connectivity index (χ0v) is 17.5. The van der Waals surface area contributed by atoms with Crippen molar-refractivity contribution in [2.75, 3.05) is 14.2 Å². The molecule has 7 heteroatoms. The lowest BCUT2D eigenvalue weighted by Gasteiger charge is -2.17. The van der Waals surface area contributed by atoms with Crippen molar-refractivity contribution < 1.29 is 14.3 Å². The highest BCUT2D eigenvalue weighted by molar-refractivity contribution is 5.79. The number of carbonyl (C=O) groups excluding carboxylic acids is 1. The molecule has 0 bridgehead atoms. The van der Waals surface area contributed by atoms with E-state index in [4.69, 9.17) is 9.47 Å². The number of methoxy groups -OCH3 is 2. The van der Waals surface area contributed by atoms with Crippen LogP contribution >= 0.6 is 0 Å². The first-order valence-corrected chi connectivity index (χ1v) is 9.58. The fourth-order valence-corrected chi connectivity index (χ4v) is 3.10. The Kier molecular flexibility index (Phi) is 6.51. The quantitative estimate of drug-likeness (QED) is 0.651. The molecule has 1 atom stereocenters. The van der Waals surface area contributed by atoms with Gasteiger partial charge < -0.3 is 14.8 Å². The first-order chi connectivity index (χ1) is 14.4. The smallest absolute Gasteiger partial charge is 0.271 e. The van der Waals surface area contributed by atoms with E-state index in [0.717, 1.165) is 16.7 Å². The maximum absolute atomic E-state index is 12.7. The van der Waals surface area contributed by atoms with Crippen LogP contribution in [0.15, 0.2) is 59.4 Å². The van der Waals surface area contributed by atoms with Crippen LogP contribution in [-0.2, 0) is 11.3 Å². The van der Waals surface area contributed by atoms with Crippen LogP contribution in [0.5, 0.6) is 11.5 Å². The zero-order chi connectivity index (χ0) is 21.7. The van der Waals surface area contributed by atoms with Crippen molar-refractivity contribution in [3.8, 4) is 22.8 Å². The molecule has 0 saturated carbocycles. The van der Waals surface area contributed by atoms with Gasteiger partial charge in [0.05, 0.1) is 14.2 Å². The van der Waals surface area contributed by atoms with Crippen LogP contribution in [0.1, 0.15) is 24.1 Å². The van der Waals surface area contributed by atoms with E-state index in [1.807, 2.05) is 43.3 Å². The standard InChI is InChI=1S/C23H25N3O4/c1-15-6-5-7-17(12-15)14-24-23(28)16(2)26-21(27)13-20(30-4)22(25-26)18-8-10-19(29-3)11-9-18/h5-13,16H,14H2,1-4H3,(H,24,28)/t16-/m0/s1. The zero-order valence-electron chi connectivity index (χ0n) is 17.5. The summed E-state index contributed by atoms with van der Waals surface area (Å²) in [6.07, 6.45) is 0. The number of hydrogen-bond acceptors (Lipinski definition) is 5. The summed E-state index contributed by atoms with van der Waals surface area (Å²) in [5, 5.41) is 7.30. The molecule has 0 aliphatic carbocycles. The van der Waals surface area contributed by atoms with Crippen molar-refractivity contribution in [3.63, 3.8) is 0 Å². The fourth-order valence-electron chi connectivity index (χ4n) is 3.10. The minimum absolute atomic E-state index is 0.294. The minimum Gasteiger partial charge on any atom is -0.497 e. The minimum atomic E-state index is -0.787. The van der Waals surface area contributed by atoms with Gasteiger partial charge in [0.15, 0.2) is 5.75 Å². The van der Waals surface area contributed by atoms with Gasteiger partial charge in [0, 0.05) is 18.2 Å². The first kappa shape index (κ1) is 21.1. The van der Waals surface area contributed by atoms with Crippen molar-refractivity contribution in [2.24, 2.45) is 0 Å². The fraction of sp³-hybridized carbons (Fsp3) is 0.261. The number of nitrogens with one attached hydrogen (secondary N) is 1. The van der Waals surface area contributed by atoms with Crippen LogP contribution in [0, 0.1) is 6.92 Å². The summed E-state index contributed by atoms with van der Waals surface area (Å²) >= 11 is 0.